The van der Waals surface area contributed by atoms with Crippen molar-refractivity contribution in [1.29, 1.82) is 0 Å². The van der Waals surface area contributed by atoms with E-state index in [1.54, 1.807) is 31.5 Å². The van der Waals surface area contributed by atoms with Crippen molar-refractivity contribution in [2.45, 2.75) is 13.0 Å². The minimum Gasteiger partial charge on any atom is -0.482 e. The fourth-order valence-corrected chi connectivity index (χ4v) is 3.74. The van der Waals surface area contributed by atoms with Crippen LogP contribution in [0.2, 0.25) is 10.0 Å². The number of nitrogen functional groups attached to an aromatic ring is 1. The van der Waals surface area contributed by atoms with Crippen molar-refractivity contribution in [3.8, 4) is 28.2 Å². The normalized spacial score (nSPS) is 12.0. The molecule has 0 aliphatic carbocycles. The highest BCUT2D eigenvalue weighted by Gasteiger charge is 2.20. The standard InChI is InChI=1S/C22H16Cl2FN3O2/c1-12(20-16(23)6-7-17(25)21(20)24)29-19-10-15(11-27-22(19)26)13-2-4-14(5-3-13)18-8-9-28-30-18/h2-12H,1H3,(H2,26,27). The number of hydrogen-bond acceptors (Lipinski definition) is 5. The molecule has 4 aromatic rings. The maximum Gasteiger partial charge on any atom is 0.166 e. The zero-order valence-corrected chi connectivity index (χ0v) is 17.3. The van der Waals surface area contributed by atoms with E-state index in [-0.39, 0.29) is 10.8 Å². The number of nitrogens with zero attached hydrogens (tertiary/aromatic N) is 2. The molecule has 0 spiro atoms. The first kappa shape index (κ1) is 20.2. The number of anilines is 1. The molecule has 0 aliphatic rings. The van der Waals surface area contributed by atoms with Gasteiger partial charge >= 0.3 is 0 Å². The van der Waals surface area contributed by atoms with Crippen LogP contribution in [0.25, 0.3) is 22.5 Å². The van der Waals surface area contributed by atoms with Gasteiger partial charge in [-0.1, -0.05) is 52.6 Å². The predicted molar refractivity (Wildman–Crippen MR) is 115 cm³/mol. The lowest BCUT2D eigenvalue weighted by atomic mass is 10.0. The molecule has 1 unspecified atom stereocenters. The molecule has 2 heterocycles. The van der Waals surface area contributed by atoms with E-state index in [1.807, 2.05) is 24.3 Å². The van der Waals surface area contributed by atoms with Crippen LogP contribution in [-0.2, 0) is 0 Å². The highest BCUT2D eigenvalue weighted by atomic mass is 35.5. The third kappa shape index (κ3) is 3.97. The predicted octanol–water partition coefficient (Wildman–Crippen LogP) is 6.57. The van der Waals surface area contributed by atoms with Gasteiger partial charge in [-0.15, -0.1) is 0 Å². The van der Waals surface area contributed by atoms with Crippen LogP contribution in [0.15, 0.2) is 65.4 Å². The van der Waals surface area contributed by atoms with E-state index >= 15 is 0 Å². The van der Waals surface area contributed by atoms with Crippen LogP contribution in [0.1, 0.15) is 18.6 Å². The van der Waals surface area contributed by atoms with E-state index in [0.29, 0.717) is 22.1 Å². The van der Waals surface area contributed by atoms with Crippen molar-refractivity contribution in [2.24, 2.45) is 0 Å². The van der Waals surface area contributed by atoms with Crippen LogP contribution in [0.3, 0.4) is 0 Å². The van der Waals surface area contributed by atoms with Crippen molar-refractivity contribution in [2.75, 3.05) is 5.73 Å². The lowest BCUT2D eigenvalue weighted by molar-refractivity contribution is 0.227. The van der Waals surface area contributed by atoms with Gasteiger partial charge in [-0.05, 0) is 30.7 Å². The van der Waals surface area contributed by atoms with E-state index in [2.05, 4.69) is 10.1 Å². The van der Waals surface area contributed by atoms with Crippen LogP contribution in [-0.4, -0.2) is 10.1 Å². The second-order valence-corrected chi connectivity index (χ2v) is 7.36. The van der Waals surface area contributed by atoms with Crippen LogP contribution >= 0.6 is 23.2 Å². The number of nitrogens with two attached hydrogens (primary N) is 1. The van der Waals surface area contributed by atoms with Gasteiger partial charge in [0.1, 0.15) is 11.9 Å². The quantitative estimate of drug-likeness (QED) is 0.353. The van der Waals surface area contributed by atoms with Crippen molar-refractivity contribution < 1.29 is 13.7 Å². The first-order valence-electron chi connectivity index (χ1n) is 9.01. The molecular formula is C22H16Cl2FN3O2. The van der Waals surface area contributed by atoms with Gasteiger partial charge < -0.3 is 15.0 Å². The molecule has 2 aromatic heterocycles. The lowest BCUT2D eigenvalue weighted by Crippen LogP contribution is -2.08. The first-order valence-corrected chi connectivity index (χ1v) is 9.76. The second-order valence-electron chi connectivity index (χ2n) is 6.58. The van der Waals surface area contributed by atoms with E-state index in [9.17, 15) is 4.39 Å². The molecule has 30 heavy (non-hydrogen) atoms. The fraction of sp³-hybridized carbons (Fsp3) is 0.0909. The molecule has 152 valence electrons. The summed E-state index contributed by atoms with van der Waals surface area (Å²) in [4.78, 5) is 4.22. The Labute approximate surface area is 182 Å². The second kappa shape index (κ2) is 8.34. The minimum atomic E-state index is -0.645. The van der Waals surface area contributed by atoms with Gasteiger partial charge in [-0.3, -0.25) is 0 Å². The number of aromatic nitrogens is 2. The van der Waals surface area contributed by atoms with Crippen LogP contribution < -0.4 is 10.5 Å². The zero-order valence-electron chi connectivity index (χ0n) is 15.8. The Kier molecular flexibility index (Phi) is 5.61. The summed E-state index contributed by atoms with van der Waals surface area (Å²) in [7, 11) is 0. The number of ether oxygens (including phenoxy) is 1. The summed E-state index contributed by atoms with van der Waals surface area (Å²) in [6.45, 7) is 1.71. The molecule has 1 atom stereocenters. The molecule has 4 rings (SSSR count). The summed E-state index contributed by atoms with van der Waals surface area (Å²) in [5.41, 5.74) is 8.95. The molecule has 0 saturated carbocycles. The molecule has 0 bridgehead atoms. The number of hydrogen-bond donors (Lipinski definition) is 1. The van der Waals surface area contributed by atoms with Crippen molar-refractivity contribution >= 4 is 29.0 Å². The largest absolute Gasteiger partial charge is 0.482 e. The molecule has 0 radical (unpaired) electrons. The third-order valence-corrected chi connectivity index (χ3v) is 5.33. The molecular weight excluding hydrogens is 428 g/mol. The highest BCUT2D eigenvalue weighted by molar-refractivity contribution is 6.36. The monoisotopic (exact) mass is 443 g/mol. The molecule has 0 amide bonds. The van der Waals surface area contributed by atoms with Crippen LogP contribution in [0.4, 0.5) is 10.2 Å². The Hall–Kier alpha value is -3.09. The summed E-state index contributed by atoms with van der Waals surface area (Å²) in [5.74, 6) is 0.653. The van der Waals surface area contributed by atoms with Crippen LogP contribution in [0.5, 0.6) is 5.75 Å². The topological polar surface area (TPSA) is 74.2 Å². The van der Waals surface area contributed by atoms with Gasteiger partial charge in [-0.2, -0.15) is 0 Å². The van der Waals surface area contributed by atoms with Crippen LogP contribution in [0, 0.1) is 5.82 Å². The highest BCUT2D eigenvalue weighted by Crippen LogP contribution is 2.37. The van der Waals surface area contributed by atoms with E-state index in [0.717, 1.165) is 16.7 Å². The molecule has 2 N–H and O–H groups in total. The van der Waals surface area contributed by atoms with Gasteiger partial charge in [0.05, 0.1) is 11.2 Å². The fourth-order valence-electron chi connectivity index (χ4n) is 3.06. The summed E-state index contributed by atoms with van der Waals surface area (Å²) in [6.07, 6.45) is 2.60. The Morgan fingerprint density at radius 2 is 1.77 bits per heavy atom. The van der Waals surface area contributed by atoms with Crippen molar-refractivity contribution in [3.63, 3.8) is 0 Å². The minimum absolute atomic E-state index is 0.0827. The number of halogens is 3. The maximum absolute atomic E-state index is 13.9. The molecule has 8 heteroatoms. The molecule has 0 fully saturated rings. The molecule has 2 aromatic carbocycles. The average Bonchev–Trinajstić information content (AvgIpc) is 3.28. The van der Waals surface area contributed by atoms with Gasteiger partial charge in [0.25, 0.3) is 0 Å². The van der Waals surface area contributed by atoms with Crippen molar-refractivity contribution in [1.82, 2.24) is 10.1 Å². The van der Waals surface area contributed by atoms with E-state index in [4.69, 9.17) is 38.2 Å². The third-order valence-electron chi connectivity index (χ3n) is 4.61. The van der Waals surface area contributed by atoms with E-state index in [1.165, 1.54) is 12.1 Å². The Morgan fingerprint density at radius 1 is 1.03 bits per heavy atom. The smallest absolute Gasteiger partial charge is 0.166 e. The van der Waals surface area contributed by atoms with Gasteiger partial charge in [0.2, 0.25) is 0 Å². The SMILES string of the molecule is CC(Oc1cc(-c2ccc(-c3ccno3)cc2)cnc1N)c1c(Cl)ccc(F)c1Cl. The van der Waals surface area contributed by atoms with Gasteiger partial charge in [0.15, 0.2) is 17.3 Å². The van der Waals surface area contributed by atoms with E-state index < -0.39 is 11.9 Å². The number of benzene rings is 2. The average molecular weight is 444 g/mol. The Morgan fingerprint density at radius 3 is 2.47 bits per heavy atom. The summed E-state index contributed by atoms with van der Waals surface area (Å²) in [5, 5.41) is 3.94. The van der Waals surface area contributed by atoms with Crippen molar-refractivity contribution in [3.05, 3.63) is 82.4 Å². The summed E-state index contributed by atoms with van der Waals surface area (Å²) in [6, 6.07) is 13.9. The molecule has 5 nitrogen and oxygen atoms in total. The lowest BCUT2D eigenvalue weighted by Gasteiger charge is -2.19. The zero-order chi connectivity index (χ0) is 21.3. The number of rotatable bonds is 5. The summed E-state index contributed by atoms with van der Waals surface area (Å²) >= 11 is 12.3. The maximum atomic E-state index is 13.9. The Bertz CT molecular complexity index is 1180. The van der Waals surface area contributed by atoms with Gasteiger partial charge in [0, 0.05) is 34.0 Å². The Balaban J connectivity index is 1.62. The number of pyridine rings is 1. The summed E-state index contributed by atoms with van der Waals surface area (Å²) < 4.78 is 25.0. The molecule has 0 saturated heterocycles. The van der Waals surface area contributed by atoms with Gasteiger partial charge in [-0.25, -0.2) is 9.37 Å². The first-order chi connectivity index (χ1) is 14.4. The molecule has 0 aliphatic heterocycles.